The van der Waals surface area contributed by atoms with Crippen molar-refractivity contribution in [1.82, 2.24) is 9.97 Å². The largest absolute Gasteiger partial charge is 0.306 e. The summed E-state index contributed by atoms with van der Waals surface area (Å²) in [6.07, 6.45) is 3.56. The van der Waals surface area contributed by atoms with Crippen molar-refractivity contribution in [1.29, 1.82) is 0 Å². The maximum Gasteiger partial charge on any atom is 0.116 e. The van der Waals surface area contributed by atoms with Crippen molar-refractivity contribution in [3.05, 3.63) is 128 Å². The van der Waals surface area contributed by atoms with Crippen molar-refractivity contribution < 1.29 is 0 Å². The Morgan fingerprint density at radius 2 is 1.26 bits per heavy atom. The Morgan fingerprint density at radius 3 is 2.09 bits per heavy atom. The molecule has 0 unspecified atom stereocenters. The van der Waals surface area contributed by atoms with Crippen LogP contribution in [0.3, 0.4) is 0 Å². The van der Waals surface area contributed by atoms with Gasteiger partial charge in [0.15, 0.2) is 0 Å². The van der Waals surface area contributed by atoms with E-state index in [4.69, 9.17) is 4.98 Å². The van der Waals surface area contributed by atoms with Crippen LogP contribution in [-0.4, -0.2) is 9.97 Å². The second-order valence-corrected chi connectivity index (χ2v) is 8.77. The summed E-state index contributed by atoms with van der Waals surface area (Å²) >= 11 is 0. The third-order valence-electron chi connectivity index (χ3n) is 6.70. The number of nitrogens with zero attached hydrogens (tertiary/aromatic N) is 3. The van der Waals surface area contributed by atoms with Gasteiger partial charge in [0.25, 0.3) is 0 Å². The second kappa shape index (κ2) is 7.93. The van der Waals surface area contributed by atoms with E-state index in [0.717, 1.165) is 28.3 Å². The average molecular weight is 448 g/mol. The van der Waals surface area contributed by atoms with Crippen LogP contribution in [0.5, 0.6) is 0 Å². The van der Waals surface area contributed by atoms with Crippen molar-refractivity contribution in [3.8, 4) is 33.5 Å². The van der Waals surface area contributed by atoms with Gasteiger partial charge in [0.1, 0.15) is 6.33 Å². The number of para-hydroxylation sites is 1. The van der Waals surface area contributed by atoms with Crippen LogP contribution >= 0.6 is 0 Å². The Labute approximate surface area is 204 Å². The molecule has 3 heteroatoms. The summed E-state index contributed by atoms with van der Waals surface area (Å²) in [5.41, 5.74) is 10.1. The molecule has 7 rings (SSSR count). The van der Waals surface area contributed by atoms with Crippen LogP contribution < -0.4 is 4.90 Å². The van der Waals surface area contributed by atoms with Crippen LogP contribution in [0.2, 0.25) is 0 Å². The van der Waals surface area contributed by atoms with Crippen molar-refractivity contribution in [2.24, 2.45) is 0 Å². The Bertz CT molecular complexity index is 1690. The molecular formula is C32H21N3. The SMILES string of the molecule is c1ccc(-c2cccc(-c3cc4c5c(cccc5c3)N(c3ccccc3)c3cncnc3-4)c2)cc1. The summed E-state index contributed by atoms with van der Waals surface area (Å²) in [5, 5.41) is 2.41. The summed E-state index contributed by atoms with van der Waals surface area (Å²) in [6.45, 7) is 0. The highest BCUT2D eigenvalue weighted by Crippen LogP contribution is 2.50. The van der Waals surface area contributed by atoms with E-state index < -0.39 is 0 Å². The molecule has 0 fully saturated rings. The lowest BCUT2D eigenvalue weighted by atomic mass is 9.90. The molecule has 0 saturated heterocycles. The summed E-state index contributed by atoms with van der Waals surface area (Å²) < 4.78 is 0. The van der Waals surface area contributed by atoms with Gasteiger partial charge < -0.3 is 4.90 Å². The van der Waals surface area contributed by atoms with Gasteiger partial charge in [-0.3, -0.25) is 0 Å². The first-order valence-corrected chi connectivity index (χ1v) is 11.7. The molecule has 0 spiro atoms. The fourth-order valence-electron chi connectivity index (χ4n) is 5.14. The van der Waals surface area contributed by atoms with E-state index >= 15 is 0 Å². The lowest BCUT2D eigenvalue weighted by Crippen LogP contribution is -2.16. The van der Waals surface area contributed by atoms with Crippen LogP contribution in [0, 0.1) is 0 Å². The van der Waals surface area contributed by atoms with Crippen LogP contribution in [-0.2, 0) is 0 Å². The van der Waals surface area contributed by atoms with Crippen molar-refractivity contribution in [2.75, 3.05) is 4.90 Å². The summed E-state index contributed by atoms with van der Waals surface area (Å²) in [5.74, 6) is 0. The van der Waals surface area contributed by atoms with Gasteiger partial charge in [-0.1, -0.05) is 78.9 Å². The van der Waals surface area contributed by atoms with Crippen LogP contribution in [0.15, 0.2) is 128 Å². The number of aromatic nitrogens is 2. The van der Waals surface area contributed by atoms with E-state index in [1.807, 2.05) is 12.3 Å². The first-order valence-electron chi connectivity index (χ1n) is 11.7. The highest BCUT2D eigenvalue weighted by molar-refractivity contribution is 6.14. The molecule has 0 radical (unpaired) electrons. The fraction of sp³-hybridized carbons (Fsp3) is 0. The Hall–Kier alpha value is -4.76. The number of fused-ring (bicyclic) bond motifs is 2. The van der Waals surface area contributed by atoms with Crippen molar-refractivity contribution >= 4 is 27.8 Å². The maximum atomic E-state index is 4.77. The quantitative estimate of drug-likeness (QED) is 0.272. The molecule has 0 amide bonds. The van der Waals surface area contributed by atoms with E-state index in [0.29, 0.717) is 0 Å². The minimum Gasteiger partial charge on any atom is -0.306 e. The van der Waals surface area contributed by atoms with Gasteiger partial charge in [-0.15, -0.1) is 0 Å². The monoisotopic (exact) mass is 447 g/mol. The smallest absolute Gasteiger partial charge is 0.116 e. The molecule has 1 aromatic heterocycles. The molecule has 0 N–H and O–H groups in total. The molecule has 3 nitrogen and oxygen atoms in total. The molecular weight excluding hydrogens is 426 g/mol. The summed E-state index contributed by atoms with van der Waals surface area (Å²) in [6, 6.07) is 40.8. The van der Waals surface area contributed by atoms with E-state index in [-0.39, 0.29) is 0 Å². The normalized spacial score (nSPS) is 11.9. The molecule has 5 aromatic carbocycles. The lowest BCUT2D eigenvalue weighted by Gasteiger charge is -2.32. The summed E-state index contributed by atoms with van der Waals surface area (Å²) in [4.78, 5) is 11.4. The van der Waals surface area contributed by atoms with Gasteiger partial charge in [0, 0.05) is 16.6 Å². The van der Waals surface area contributed by atoms with E-state index in [9.17, 15) is 0 Å². The predicted octanol–water partition coefficient (Wildman–Crippen LogP) is 8.41. The van der Waals surface area contributed by atoms with Gasteiger partial charge in [0.2, 0.25) is 0 Å². The maximum absolute atomic E-state index is 4.77. The molecule has 0 bridgehead atoms. The van der Waals surface area contributed by atoms with Gasteiger partial charge in [-0.25, -0.2) is 9.97 Å². The fourth-order valence-corrected chi connectivity index (χ4v) is 5.14. The van der Waals surface area contributed by atoms with Crippen LogP contribution in [0.25, 0.3) is 44.3 Å². The van der Waals surface area contributed by atoms with Gasteiger partial charge >= 0.3 is 0 Å². The topological polar surface area (TPSA) is 29.0 Å². The van der Waals surface area contributed by atoms with E-state index in [2.05, 4.69) is 119 Å². The molecule has 164 valence electrons. The third kappa shape index (κ3) is 3.21. The van der Waals surface area contributed by atoms with Gasteiger partial charge in [-0.2, -0.15) is 0 Å². The van der Waals surface area contributed by atoms with Gasteiger partial charge in [0.05, 0.1) is 23.3 Å². The van der Waals surface area contributed by atoms with Crippen molar-refractivity contribution in [3.63, 3.8) is 0 Å². The highest BCUT2D eigenvalue weighted by Gasteiger charge is 2.27. The Kier molecular flexibility index (Phi) is 4.46. The lowest BCUT2D eigenvalue weighted by molar-refractivity contribution is 1.13. The second-order valence-electron chi connectivity index (χ2n) is 8.77. The molecule has 1 aliphatic rings. The van der Waals surface area contributed by atoms with E-state index in [1.54, 1.807) is 6.33 Å². The number of benzene rings is 5. The zero-order valence-corrected chi connectivity index (χ0v) is 19.0. The molecule has 35 heavy (non-hydrogen) atoms. The Morgan fingerprint density at radius 1 is 0.543 bits per heavy atom. The highest BCUT2D eigenvalue weighted by atomic mass is 15.2. The van der Waals surface area contributed by atoms with E-state index in [1.165, 1.54) is 33.0 Å². The first kappa shape index (κ1) is 19.7. The zero-order chi connectivity index (χ0) is 23.2. The van der Waals surface area contributed by atoms with Crippen molar-refractivity contribution in [2.45, 2.75) is 0 Å². The number of rotatable bonds is 3. The minimum atomic E-state index is 0.952. The standard InChI is InChI=1S/C32H21N3/c1-3-9-22(10-4-1)23-11-7-12-24(17-23)26-18-25-13-8-16-29-31(25)28(19-26)32-30(20-33-21-34-32)35(29)27-14-5-2-6-15-27/h1-21H. The first-order chi connectivity index (χ1) is 17.4. The number of hydrogen-bond acceptors (Lipinski definition) is 3. The molecule has 0 aliphatic carbocycles. The zero-order valence-electron chi connectivity index (χ0n) is 19.0. The van der Waals surface area contributed by atoms with Crippen LogP contribution in [0.1, 0.15) is 0 Å². The Balaban J connectivity index is 1.47. The van der Waals surface area contributed by atoms with Gasteiger partial charge in [-0.05, 0) is 64.0 Å². The third-order valence-corrected chi connectivity index (χ3v) is 6.70. The number of anilines is 3. The average Bonchev–Trinajstić information content (AvgIpc) is 2.94. The molecule has 6 aromatic rings. The predicted molar refractivity (Wildman–Crippen MR) is 144 cm³/mol. The molecule has 1 aliphatic heterocycles. The van der Waals surface area contributed by atoms with Crippen LogP contribution in [0.4, 0.5) is 17.1 Å². The number of hydrogen-bond donors (Lipinski definition) is 0. The molecule has 0 saturated carbocycles. The minimum absolute atomic E-state index is 0.952. The molecule has 2 heterocycles. The summed E-state index contributed by atoms with van der Waals surface area (Å²) in [7, 11) is 0. The molecule has 0 atom stereocenters.